The van der Waals surface area contributed by atoms with E-state index in [-0.39, 0.29) is 0 Å². The highest BCUT2D eigenvalue weighted by atomic mass is 16.4. The number of hydrogen-bond donors (Lipinski definition) is 1. The Hall–Kier alpha value is -3.13. The Morgan fingerprint density at radius 2 is 1.39 bits per heavy atom. The molecule has 0 radical (unpaired) electrons. The number of carbonyl (C=O) groups is 1. The minimum Gasteiger partial charge on any atom is -0.478 e. The summed E-state index contributed by atoms with van der Waals surface area (Å²) in [5.41, 5.74) is 4.74. The number of carboxylic acids is 1. The Bertz CT molecular complexity index is 831. The number of carboxylic acid groups (broad SMARTS) is 1. The molecule has 0 aliphatic rings. The van der Waals surface area contributed by atoms with Gasteiger partial charge in [0, 0.05) is 0 Å². The molecule has 0 atom stereocenters. The first-order valence-electron chi connectivity index (χ1n) is 7.40. The van der Waals surface area contributed by atoms with E-state index in [0.29, 0.717) is 5.56 Å². The van der Waals surface area contributed by atoms with E-state index in [1.807, 2.05) is 48.5 Å². The Morgan fingerprint density at radius 1 is 0.739 bits per heavy atom. The van der Waals surface area contributed by atoms with E-state index >= 15 is 0 Å². The lowest BCUT2D eigenvalue weighted by Gasteiger charge is -2.06. The number of aromatic carboxylic acids is 1. The minimum absolute atomic E-state index is 0.298. The molecule has 0 aliphatic carbocycles. The maximum absolute atomic E-state index is 10.9. The highest BCUT2D eigenvalue weighted by Crippen LogP contribution is 2.25. The van der Waals surface area contributed by atoms with Crippen LogP contribution in [0.5, 0.6) is 0 Å². The van der Waals surface area contributed by atoms with Crippen LogP contribution in [0.15, 0.2) is 78.9 Å². The van der Waals surface area contributed by atoms with E-state index in [4.69, 9.17) is 5.11 Å². The van der Waals surface area contributed by atoms with Crippen LogP contribution < -0.4 is 0 Å². The molecule has 2 heteroatoms. The van der Waals surface area contributed by atoms with Crippen molar-refractivity contribution in [3.8, 4) is 11.1 Å². The Morgan fingerprint density at radius 3 is 2.09 bits per heavy atom. The molecule has 0 saturated carbocycles. The summed E-state index contributed by atoms with van der Waals surface area (Å²) in [4.78, 5) is 10.9. The third-order valence-electron chi connectivity index (χ3n) is 3.66. The van der Waals surface area contributed by atoms with Gasteiger partial charge in [0.1, 0.15) is 0 Å². The molecule has 3 aromatic carbocycles. The fraction of sp³-hybridized carbons (Fsp3) is 0. The van der Waals surface area contributed by atoms with Crippen LogP contribution >= 0.6 is 0 Å². The van der Waals surface area contributed by atoms with E-state index in [2.05, 4.69) is 30.3 Å². The predicted octanol–water partition coefficient (Wildman–Crippen LogP) is 5.22. The molecule has 0 fully saturated rings. The molecular formula is C21H16O2. The largest absolute Gasteiger partial charge is 0.478 e. The molecule has 0 aromatic heterocycles. The lowest BCUT2D eigenvalue weighted by Crippen LogP contribution is -1.94. The topological polar surface area (TPSA) is 37.3 Å². The van der Waals surface area contributed by atoms with Gasteiger partial charge in [0.05, 0.1) is 5.56 Å². The van der Waals surface area contributed by atoms with E-state index in [1.165, 1.54) is 11.1 Å². The molecule has 0 aliphatic heterocycles. The van der Waals surface area contributed by atoms with Gasteiger partial charge in [-0.25, -0.2) is 4.79 Å². The average Bonchev–Trinajstić information content (AvgIpc) is 2.61. The summed E-state index contributed by atoms with van der Waals surface area (Å²) in [6, 6.07) is 25.3. The summed E-state index contributed by atoms with van der Waals surface area (Å²) in [5.74, 6) is -0.907. The van der Waals surface area contributed by atoms with Gasteiger partial charge in [0.25, 0.3) is 0 Å². The molecule has 0 saturated heterocycles. The molecule has 23 heavy (non-hydrogen) atoms. The molecule has 0 unspecified atom stereocenters. The summed E-state index contributed by atoms with van der Waals surface area (Å²) < 4.78 is 0. The third kappa shape index (κ3) is 3.55. The van der Waals surface area contributed by atoms with Crippen LogP contribution in [0.2, 0.25) is 0 Å². The second kappa shape index (κ2) is 6.75. The first-order valence-corrected chi connectivity index (χ1v) is 7.40. The second-order valence-corrected chi connectivity index (χ2v) is 5.21. The van der Waals surface area contributed by atoms with E-state index < -0.39 is 5.97 Å². The average molecular weight is 300 g/mol. The van der Waals surface area contributed by atoms with Crippen LogP contribution in [0.4, 0.5) is 0 Å². The van der Waals surface area contributed by atoms with Gasteiger partial charge in [-0.1, -0.05) is 78.9 Å². The zero-order valence-corrected chi connectivity index (χ0v) is 12.5. The van der Waals surface area contributed by atoms with Gasteiger partial charge in [-0.3, -0.25) is 0 Å². The summed E-state index contributed by atoms with van der Waals surface area (Å²) >= 11 is 0. The molecule has 0 spiro atoms. The van der Waals surface area contributed by atoms with Crippen molar-refractivity contribution in [2.24, 2.45) is 0 Å². The van der Waals surface area contributed by atoms with Crippen LogP contribution in [0.1, 0.15) is 21.5 Å². The monoisotopic (exact) mass is 300 g/mol. The lowest BCUT2D eigenvalue weighted by molar-refractivity contribution is 0.0697. The number of rotatable bonds is 4. The highest BCUT2D eigenvalue weighted by Gasteiger charge is 2.02. The van der Waals surface area contributed by atoms with Gasteiger partial charge in [0.2, 0.25) is 0 Å². The number of benzene rings is 3. The zero-order chi connectivity index (χ0) is 16.1. The summed E-state index contributed by atoms with van der Waals surface area (Å²) in [6.45, 7) is 0. The first-order chi connectivity index (χ1) is 11.2. The zero-order valence-electron chi connectivity index (χ0n) is 12.5. The molecule has 2 nitrogen and oxygen atoms in total. The number of hydrogen-bond acceptors (Lipinski definition) is 1. The van der Waals surface area contributed by atoms with Gasteiger partial charge < -0.3 is 5.11 Å². The lowest BCUT2D eigenvalue weighted by atomic mass is 9.99. The normalized spacial score (nSPS) is 10.8. The Kier molecular flexibility index (Phi) is 4.34. The van der Waals surface area contributed by atoms with E-state index in [0.717, 1.165) is 11.1 Å². The summed E-state index contributed by atoms with van der Waals surface area (Å²) in [6.07, 6.45) is 4.05. The van der Waals surface area contributed by atoms with Crippen LogP contribution in [-0.4, -0.2) is 11.1 Å². The van der Waals surface area contributed by atoms with Crippen molar-refractivity contribution >= 4 is 18.1 Å². The smallest absolute Gasteiger partial charge is 0.335 e. The van der Waals surface area contributed by atoms with Crippen molar-refractivity contribution < 1.29 is 9.90 Å². The van der Waals surface area contributed by atoms with Gasteiger partial charge in [-0.15, -0.1) is 0 Å². The standard InChI is InChI=1S/C21H16O2/c22-21(23)19-14-11-16(12-15-19)10-13-18-8-4-5-9-20(18)17-6-2-1-3-7-17/h1-15H,(H,22,23). The van der Waals surface area contributed by atoms with Crippen molar-refractivity contribution in [2.45, 2.75) is 0 Å². The van der Waals surface area contributed by atoms with E-state index in [9.17, 15) is 4.79 Å². The second-order valence-electron chi connectivity index (χ2n) is 5.21. The van der Waals surface area contributed by atoms with Crippen molar-refractivity contribution in [1.82, 2.24) is 0 Å². The molecular weight excluding hydrogens is 284 g/mol. The molecule has 1 N–H and O–H groups in total. The van der Waals surface area contributed by atoms with Crippen molar-refractivity contribution in [3.63, 3.8) is 0 Å². The molecule has 3 aromatic rings. The van der Waals surface area contributed by atoms with Crippen LogP contribution in [-0.2, 0) is 0 Å². The quantitative estimate of drug-likeness (QED) is 0.670. The fourth-order valence-corrected chi connectivity index (χ4v) is 2.45. The minimum atomic E-state index is -0.907. The highest BCUT2D eigenvalue weighted by molar-refractivity contribution is 5.88. The first kappa shape index (κ1) is 14.8. The SMILES string of the molecule is O=C(O)c1ccc(C=Cc2ccccc2-c2ccccc2)cc1. The van der Waals surface area contributed by atoms with Crippen molar-refractivity contribution in [3.05, 3.63) is 95.6 Å². The van der Waals surface area contributed by atoms with Crippen LogP contribution in [0, 0.1) is 0 Å². The Balaban J connectivity index is 1.90. The third-order valence-corrected chi connectivity index (χ3v) is 3.66. The van der Waals surface area contributed by atoms with Gasteiger partial charge >= 0.3 is 5.97 Å². The van der Waals surface area contributed by atoms with Crippen LogP contribution in [0.25, 0.3) is 23.3 Å². The van der Waals surface area contributed by atoms with E-state index in [1.54, 1.807) is 12.1 Å². The predicted molar refractivity (Wildman–Crippen MR) is 94.2 cm³/mol. The molecule has 3 rings (SSSR count). The molecule has 112 valence electrons. The molecule has 0 heterocycles. The Labute approximate surface area is 135 Å². The van der Waals surface area contributed by atoms with Crippen molar-refractivity contribution in [2.75, 3.05) is 0 Å². The van der Waals surface area contributed by atoms with Crippen LogP contribution in [0.3, 0.4) is 0 Å². The van der Waals surface area contributed by atoms with Crippen molar-refractivity contribution in [1.29, 1.82) is 0 Å². The van der Waals surface area contributed by atoms with Gasteiger partial charge in [-0.2, -0.15) is 0 Å². The molecule has 0 amide bonds. The fourth-order valence-electron chi connectivity index (χ4n) is 2.45. The maximum Gasteiger partial charge on any atom is 0.335 e. The van der Waals surface area contributed by atoms with Gasteiger partial charge in [0.15, 0.2) is 0 Å². The van der Waals surface area contributed by atoms with Gasteiger partial charge in [-0.05, 0) is 34.4 Å². The summed E-state index contributed by atoms with van der Waals surface area (Å²) in [5, 5.41) is 8.93. The summed E-state index contributed by atoms with van der Waals surface area (Å²) in [7, 11) is 0. The maximum atomic E-state index is 10.9. The molecule has 0 bridgehead atoms.